The second-order valence-corrected chi connectivity index (χ2v) is 4.46. The summed E-state index contributed by atoms with van der Waals surface area (Å²) in [4.78, 5) is 4.31. The molecule has 0 amide bonds. The lowest BCUT2D eigenvalue weighted by Gasteiger charge is -2.17. The van der Waals surface area contributed by atoms with Crippen LogP contribution >= 0.6 is 0 Å². The van der Waals surface area contributed by atoms with Gasteiger partial charge in [-0.25, -0.2) is 0 Å². The Balaban J connectivity index is 2.03. The lowest BCUT2D eigenvalue weighted by atomic mass is 10.0. The quantitative estimate of drug-likeness (QED) is 0.882. The van der Waals surface area contributed by atoms with E-state index in [0.717, 1.165) is 42.2 Å². The molecular weight excluding hydrogens is 228 g/mol. The molecule has 18 heavy (non-hydrogen) atoms. The topological polar surface area (TPSA) is 47.3 Å². The highest BCUT2D eigenvalue weighted by atomic mass is 16.5. The lowest BCUT2D eigenvalue weighted by molar-refractivity contribution is 0.288. The van der Waals surface area contributed by atoms with E-state index in [0.29, 0.717) is 6.01 Å². The van der Waals surface area contributed by atoms with Crippen LogP contribution in [-0.4, -0.2) is 18.6 Å². The van der Waals surface area contributed by atoms with Gasteiger partial charge in [-0.2, -0.15) is 4.98 Å². The summed E-state index contributed by atoms with van der Waals surface area (Å²) in [5, 5.41) is 2.92. The standard InChI is InChI=1S/C14H16N2O2/c1-9-13(18-14(15-2)16-9)11-5-6-12-10(8-11)4-3-7-17-12/h5-6,8H,3-4,7H2,1-2H3,(H,15,16). The first kappa shape index (κ1) is 11.1. The van der Waals surface area contributed by atoms with Crippen molar-refractivity contribution in [2.75, 3.05) is 19.0 Å². The van der Waals surface area contributed by atoms with Crippen LogP contribution in [-0.2, 0) is 6.42 Å². The van der Waals surface area contributed by atoms with E-state index in [4.69, 9.17) is 9.15 Å². The van der Waals surface area contributed by atoms with Crippen LogP contribution in [0.3, 0.4) is 0 Å². The average molecular weight is 244 g/mol. The number of aryl methyl sites for hydroxylation is 2. The summed E-state index contributed by atoms with van der Waals surface area (Å²) in [6.45, 7) is 2.77. The number of rotatable bonds is 2. The highest BCUT2D eigenvalue weighted by Crippen LogP contribution is 2.32. The monoisotopic (exact) mass is 244 g/mol. The molecule has 0 saturated carbocycles. The van der Waals surface area contributed by atoms with Gasteiger partial charge in [-0.15, -0.1) is 0 Å². The van der Waals surface area contributed by atoms with E-state index in [1.54, 1.807) is 7.05 Å². The molecule has 1 N–H and O–H groups in total. The minimum atomic E-state index is 0.552. The third-order valence-corrected chi connectivity index (χ3v) is 3.18. The summed E-state index contributed by atoms with van der Waals surface area (Å²) >= 11 is 0. The number of oxazole rings is 1. The van der Waals surface area contributed by atoms with Crippen molar-refractivity contribution < 1.29 is 9.15 Å². The van der Waals surface area contributed by atoms with Crippen LogP contribution in [0.5, 0.6) is 5.75 Å². The zero-order valence-corrected chi connectivity index (χ0v) is 10.6. The van der Waals surface area contributed by atoms with E-state index < -0.39 is 0 Å². The SMILES string of the molecule is CNc1nc(C)c(-c2ccc3c(c2)CCCO3)o1. The summed E-state index contributed by atoms with van der Waals surface area (Å²) in [6.07, 6.45) is 2.14. The summed E-state index contributed by atoms with van der Waals surface area (Å²) in [7, 11) is 1.80. The number of fused-ring (bicyclic) bond motifs is 1. The molecule has 0 saturated heterocycles. The summed E-state index contributed by atoms with van der Waals surface area (Å²) in [6, 6.07) is 6.74. The fraction of sp³-hybridized carbons (Fsp3) is 0.357. The van der Waals surface area contributed by atoms with E-state index in [1.807, 2.05) is 19.1 Å². The van der Waals surface area contributed by atoms with Gasteiger partial charge in [-0.1, -0.05) is 0 Å². The van der Waals surface area contributed by atoms with Gasteiger partial charge in [0.2, 0.25) is 0 Å². The minimum Gasteiger partial charge on any atom is -0.493 e. The van der Waals surface area contributed by atoms with Gasteiger partial charge in [-0.05, 0) is 43.5 Å². The number of nitrogens with one attached hydrogen (secondary N) is 1. The molecule has 1 aliphatic heterocycles. The normalized spacial score (nSPS) is 13.9. The first-order valence-corrected chi connectivity index (χ1v) is 6.19. The highest BCUT2D eigenvalue weighted by Gasteiger charge is 2.15. The molecule has 4 heteroatoms. The third-order valence-electron chi connectivity index (χ3n) is 3.18. The van der Waals surface area contributed by atoms with E-state index in [1.165, 1.54) is 5.56 Å². The molecule has 3 rings (SSSR count). The van der Waals surface area contributed by atoms with Crippen molar-refractivity contribution in [1.29, 1.82) is 0 Å². The molecule has 0 radical (unpaired) electrons. The van der Waals surface area contributed by atoms with E-state index >= 15 is 0 Å². The molecule has 0 unspecified atom stereocenters. The molecular formula is C14H16N2O2. The average Bonchev–Trinajstić information content (AvgIpc) is 2.79. The molecule has 1 aromatic carbocycles. The third kappa shape index (κ3) is 1.83. The minimum absolute atomic E-state index is 0.552. The number of aromatic nitrogens is 1. The van der Waals surface area contributed by atoms with Gasteiger partial charge >= 0.3 is 0 Å². The van der Waals surface area contributed by atoms with Gasteiger partial charge < -0.3 is 14.5 Å². The van der Waals surface area contributed by atoms with Crippen LogP contribution in [0.2, 0.25) is 0 Å². The largest absolute Gasteiger partial charge is 0.493 e. The van der Waals surface area contributed by atoms with E-state index in [-0.39, 0.29) is 0 Å². The van der Waals surface area contributed by atoms with Crippen LogP contribution in [0.4, 0.5) is 6.01 Å². The zero-order valence-electron chi connectivity index (χ0n) is 10.6. The number of hydrogen-bond acceptors (Lipinski definition) is 4. The van der Waals surface area contributed by atoms with E-state index in [9.17, 15) is 0 Å². The number of anilines is 1. The highest BCUT2D eigenvalue weighted by molar-refractivity contribution is 5.64. The maximum atomic E-state index is 5.68. The molecule has 0 atom stereocenters. The first-order chi connectivity index (χ1) is 8.78. The van der Waals surface area contributed by atoms with Crippen LogP contribution < -0.4 is 10.1 Å². The van der Waals surface area contributed by atoms with Gasteiger partial charge in [0.25, 0.3) is 6.01 Å². The molecule has 2 heterocycles. The predicted octanol–water partition coefficient (Wildman–Crippen LogP) is 3.02. The Hall–Kier alpha value is -1.97. The molecule has 1 aromatic heterocycles. The van der Waals surface area contributed by atoms with Crippen molar-refractivity contribution >= 4 is 6.01 Å². The van der Waals surface area contributed by atoms with Gasteiger partial charge in [0, 0.05) is 12.6 Å². The summed E-state index contributed by atoms with van der Waals surface area (Å²) in [5.74, 6) is 1.82. The Morgan fingerprint density at radius 3 is 3.00 bits per heavy atom. The Bertz CT molecular complexity index is 575. The molecule has 2 aromatic rings. The smallest absolute Gasteiger partial charge is 0.295 e. The van der Waals surface area contributed by atoms with Gasteiger partial charge in [-0.3, -0.25) is 0 Å². The predicted molar refractivity (Wildman–Crippen MR) is 70.0 cm³/mol. The van der Waals surface area contributed by atoms with Crippen LogP contribution in [0.15, 0.2) is 22.6 Å². The molecule has 4 nitrogen and oxygen atoms in total. The molecule has 0 aliphatic carbocycles. The molecule has 0 fully saturated rings. The molecule has 0 bridgehead atoms. The number of nitrogens with zero attached hydrogens (tertiary/aromatic N) is 1. The van der Waals surface area contributed by atoms with Gasteiger partial charge in [0.15, 0.2) is 5.76 Å². The Morgan fingerprint density at radius 1 is 1.33 bits per heavy atom. The summed E-state index contributed by atoms with van der Waals surface area (Å²) in [5.41, 5.74) is 3.21. The van der Waals surface area contributed by atoms with E-state index in [2.05, 4.69) is 16.4 Å². The maximum absolute atomic E-state index is 5.68. The maximum Gasteiger partial charge on any atom is 0.295 e. The van der Waals surface area contributed by atoms with Crippen molar-refractivity contribution in [3.63, 3.8) is 0 Å². The number of ether oxygens (including phenoxy) is 1. The first-order valence-electron chi connectivity index (χ1n) is 6.19. The van der Waals surface area contributed by atoms with Crippen molar-refractivity contribution in [2.24, 2.45) is 0 Å². The Labute approximate surface area is 106 Å². The summed E-state index contributed by atoms with van der Waals surface area (Å²) < 4.78 is 11.3. The second-order valence-electron chi connectivity index (χ2n) is 4.46. The van der Waals surface area contributed by atoms with Crippen molar-refractivity contribution in [1.82, 2.24) is 4.98 Å². The number of benzene rings is 1. The Kier molecular flexibility index (Phi) is 2.70. The fourth-order valence-corrected chi connectivity index (χ4v) is 2.27. The molecule has 1 aliphatic rings. The zero-order chi connectivity index (χ0) is 12.5. The Morgan fingerprint density at radius 2 is 2.22 bits per heavy atom. The molecule has 94 valence electrons. The van der Waals surface area contributed by atoms with Gasteiger partial charge in [0.05, 0.1) is 12.3 Å². The van der Waals surface area contributed by atoms with Gasteiger partial charge in [0.1, 0.15) is 5.75 Å². The van der Waals surface area contributed by atoms with Crippen LogP contribution in [0.25, 0.3) is 11.3 Å². The number of hydrogen-bond donors (Lipinski definition) is 1. The lowest BCUT2D eigenvalue weighted by Crippen LogP contribution is -2.08. The van der Waals surface area contributed by atoms with Crippen molar-refractivity contribution in [2.45, 2.75) is 19.8 Å². The van der Waals surface area contributed by atoms with Crippen molar-refractivity contribution in [3.05, 3.63) is 29.5 Å². The fourth-order valence-electron chi connectivity index (χ4n) is 2.27. The second kappa shape index (κ2) is 4.37. The van der Waals surface area contributed by atoms with Crippen LogP contribution in [0, 0.1) is 6.92 Å². The van der Waals surface area contributed by atoms with Crippen LogP contribution in [0.1, 0.15) is 17.7 Å². The van der Waals surface area contributed by atoms with Crippen molar-refractivity contribution in [3.8, 4) is 17.1 Å². The molecule has 0 spiro atoms.